The average molecular weight is 289 g/mol. The van der Waals surface area contributed by atoms with Crippen molar-refractivity contribution in [2.24, 2.45) is 5.73 Å². The number of aromatic nitrogens is 1. The molecule has 0 bridgehead atoms. The van der Waals surface area contributed by atoms with Crippen LogP contribution in [-0.2, 0) is 0 Å². The van der Waals surface area contributed by atoms with Crippen LogP contribution >= 0.6 is 0 Å². The van der Waals surface area contributed by atoms with Gasteiger partial charge in [0.15, 0.2) is 5.69 Å². The van der Waals surface area contributed by atoms with Crippen molar-refractivity contribution in [3.05, 3.63) is 53.7 Å². The number of nitrogens with zero attached hydrogens (tertiary/aromatic N) is 1. The summed E-state index contributed by atoms with van der Waals surface area (Å²) in [4.78, 5) is 15.9. The van der Waals surface area contributed by atoms with Crippen LogP contribution in [0.15, 0.2) is 41.0 Å². The number of nitrogens with two attached hydrogens (primary N) is 1. The van der Waals surface area contributed by atoms with Gasteiger partial charge in [0, 0.05) is 6.54 Å². The molecule has 0 saturated carbocycles. The van der Waals surface area contributed by atoms with Crippen LogP contribution in [0.1, 0.15) is 40.8 Å². The molecule has 2 aromatic rings. The highest BCUT2D eigenvalue weighted by Crippen LogP contribution is 2.14. The van der Waals surface area contributed by atoms with Gasteiger partial charge in [-0.25, -0.2) is 4.98 Å². The van der Waals surface area contributed by atoms with Gasteiger partial charge in [0.05, 0.1) is 6.61 Å². The highest BCUT2D eigenvalue weighted by Gasteiger charge is 2.17. The monoisotopic (exact) mass is 289 g/mol. The largest absolute Gasteiger partial charge is 0.446 e. The Morgan fingerprint density at radius 2 is 2.14 bits per heavy atom. The first-order valence-electron chi connectivity index (χ1n) is 6.76. The molecule has 0 aliphatic heterocycles. The van der Waals surface area contributed by atoms with Crippen LogP contribution in [0, 0.1) is 0 Å². The van der Waals surface area contributed by atoms with E-state index in [0.717, 1.165) is 5.56 Å². The molecule has 2 atom stereocenters. The lowest BCUT2D eigenvalue weighted by Crippen LogP contribution is -2.28. The molecule has 21 heavy (non-hydrogen) atoms. The van der Waals surface area contributed by atoms with Crippen molar-refractivity contribution >= 4 is 5.91 Å². The Morgan fingerprint density at radius 1 is 1.43 bits per heavy atom. The minimum absolute atomic E-state index is 0.152. The van der Waals surface area contributed by atoms with E-state index in [0.29, 0.717) is 6.54 Å². The summed E-state index contributed by atoms with van der Waals surface area (Å²) in [6.45, 7) is 2.25. The molecule has 112 valence electrons. The van der Waals surface area contributed by atoms with Crippen molar-refractivity contribution in [3.63, 3.8) is 0 Å². The molecule has 0 spiro atoms. The summed E-state index contributed by atoms with van der Waals surface area (Å²) < 4.78 is 5.07. The van der Waals surface area contributed by atoms with E-state index >= 15 is 0 Å². The molecule has 6 nitrogen and oxygen atoms in total. The number of carbonyl (C=O) groups excluding carboxylic acids is 1. The van der Waals surface area contributed by atoms with Gasteiger partial charge in [0.1, 0.15) is 12.3 Å². The number of benzene rings is 1. The van der Waals surface area contributed by atoms with E-state index in [1.54, 1.807) is 0 Å². The molecule has 1 aromatic carbocycles. The van der Waals surface area contributed by atoms with Crippen molar-refractivity contribution in [2.45, 2.75) is 18.9 Å². The maximum absolute atomic E-state index is 12.0. The molecule has 0 aliphatic rings. The molecule has 0 saturated heterocycles. The van der Waals surface area contributed by atoms with Gasteiger partial charge in [-0.1, -0.05) is 37.3 Å². The normalized spacial score (nSPS) is 13.7. The van der Waals surface area contributed by atoms with Crippen molar-refractivity contribution in [2.75, 3.05) is 13.2 Å². The number of carbonyl (C=O) groups is 1. The first-order chi connectivity index (χ1) is 10.1. The van der Waals surface area contributed by atoms with Gasteiger partial charge >= 0.3 is 0 Å². The molecule has 0 fully saturated rings. The van der Waals surface area contributed by atoms with Crippen LogP contribution in [0.2, 0.25) is 0 Å². The summed E-state index contributed by atoms with van der Waals surface area (Å²) >= 11 is 0. The van der Waals surface area contributed by atoms with E-state index in [9.17, 15) is 4.79 Å². The summed E-state index contributed by atoms with van der Waals surface area (Å²) in [5.41, 5.74) is 6.88. The first kappa shape index (κ1) is 15.2. The molecule has 2 unspecified atom stereocenters. The van der Waals surface area contributed by atoms with Crippen LogP contribution in [0.25, 0.3) is 0 Å². The third kappa shape index (κ3) is 3.90. The van der Waals surface area contributed by atoms with E-state index in [1.165, 1.54) is 6.26 Å². The second kappa shape index (κ2) is 7.01. The molecular weight excluding hydrogens is 270 g/mol. The maximum atomic E-state index is 12.0. The molecule has 0 aliphatic carbocycles. The van der Waals surface area contributed by atoms with Crippen LogP contribution in [0.5, 0.6) is 0 Å². The fourth-order valence-corrected chi connectivity index (χ4v) is 1.88. The Hall–Kier alpha value is -2.18. The van der Waals surface area contributed by atoms with E-state index in [-0.39, 0.29) is 30.0 Å². The molecule has 6 heteroatoms. The molecule has 4 N–H and O–H groups in total. The van der Waals surface area contributed by atoms with Gasteiger partial charge in [-0.3, -0.25) is 4.79 Å². The number of hydrogen-bond acceptors (Lipinski definition) is 5. The van der Waals surface area contributed by atoms with Crippen LogP contribution in [0.4, 0.5) is 0 Å². The number of hydrogen-bond donors (Lipinski definition) is 3. The zero-order chi connectivity index (χ0) is 15.2. The second-order valence-corrected chi connectivity index (χ2v) is 4.88. The van der Waals surface area contributed by atoms with Gasteiger partial charge in [-0.2, -0.15) is 0 Å². The quantitative estimate of drug-likeness (QED) is 0.741. The predicted molar refractivity (Wildman–Crippen MR) is 77.7 cm³/mol. The molecule has 2 rings (SSSR count). The Bertz CT molecular complexity index is 583. The molecule has 1 aromatic heterocycles. The zero-order valence-electron chi connectivity index (χ0n) is 11.8. The van der Waals surface area contributed by atoms with E-state index in [2.05, 4.69) is 10.3 Å². The van der Waals surface area contributed by atoms with E-state index in [1.807, 2.05) is 37.3 Å². The molecular formula is C15H19N3O3. The lowest BCUT2D eigenvalue weighted by atomic mass is 10.0. The van der Waals surface area contributed by atoms with Crippen molar-refractivity contribution < 1.29 is 14.3 Å². The Kier molecular flexibility index (Phi) is 5.08. The summed E-state index contributed by atoms with van der Waals surface area (Å²) in [6, 6.07) is 9.21. The number of nitrogens with one attached hydrogen (secondary N) is 1. The molecule has 0 radical (unpaired) electrons. The Morgan fingerprint density at radius 3 is 2.81 bits per heavy atom. The highest BCUT2D eigenvalue weighted by molar-refractivity contribution is 5.91. The van der Waals surface area contributed by atoms with Gasteiger partial charge in [-0.05, 0) is 11.5 Å². The van der Waals surface area contributed by atoms with Crippen LogP contribution in [-0.4, -0.2) is 29.1 Å². The van der Waals surface area contributed by atoms with Crippen molar-refractivity contribution in [1.82, 2.24) is 10.3 Å². The number of amides is 1. The summed E-state index contributed by atoms with van der Waals surface area (Å²) in [5.74, 6) is 0.0258. The second-order valence-electron chi connectivity index (χ2n) is 4.88. The fourth-order valence-electron chi connectivity index (χ4n) is 1.88. The molecule has 1 amide bonds. The van der Waals surface area contributed by atoms with Crippen molar-refractivity contribution in [1.29, 1.82) is 0 Å². The standard InChI is InChI=1S/C15H19N3O3/c1-10(11-5-3-2-4-6-11)7-17-14(20)13-9-21-15(18-13)12(16)8-19/h2-6,9-10,12,19H,7-8,16H2,1H3,(H,17,20). The van der Waals surface area contributed by atoms with Gasteiger partial charge in [0.2, 0.25) is 5.89 Å². The topological polar surface area (TPSA) is 101 Å². The minimum atomic E-state index is -0.713. The van der Waals surface area contributed by atoms with Crippen molar-refractivity contribution in [3.8, 4) is 0 Å². The number of aliphatic hydroxyl groups excluding tert-OH is 1. The zero-order valence-corrected chi connectivity index (χ0v) is 11.8. The maximum Gasteiger partial charge on any atom is 0.273 e. The minimum Gasteiger partial charge on any atom is -0.446 e. The van der Waals surface area contributed by atoms with Gasteiger partial charge in [-0.15, -0.1) is 0 Å². The fraction of sp³-hybridized carbons (Fsp3) is 0.333. The summed E-state index contributed by atoms with van der Waals surface area (Å²) in [5, 5.41) is 11.7. The van der Waals surface area contributed by atoms with E-state index in [4.69, 9.17) is 15.3 Å². The van der Waals surface area contributed by atoms with Crippen LogP contribution < -0.4 is 11.1 Å². The summed E-state index contributed by atoms with van der Waals surface area (Å²) in [6.07, 6.45) is 1.24. The first-order valence-corrected chi connectivity index (χ1v) is 6.76. The predicted octanol–water partition coefficient (Wildman–Crippen LogP) is 1.20. The number of oxazole rings is 1. The summed E-state index contributed by atoms with van der Waals surface area (Å²) in [7, 11) is 0. The van der Waals surface area contributed by atoms with Gasteiger partial charge < -0.3 is 20.6 Å². The average Bonchev–Trinajstić information content (AvgIpc) is 3.02. The number of aliphatic hydroxyl groups is 1. The Balaban J connectivity index is 1.91. The lowest BCUT2D eigenvalue weighted by molar-refractivity contribution is 0.0946. The lowest BCUT2D eigenvalue weighted by Gasteiger charge is -2.12. The van der Waals surface area contributed by atoms with Gasteiger partial charge in [0.25, 0.3) is 5.91 Å². The SMILES string of the molecule is CC(CNC(=O)c1coc(C(N)CO)n1)c1ccccc1. The molecule has 1 heterocycles. The van der Waals surface area contributed by atoms with E-state index < -0.39 is 6.04 Å². The Labute approximate surface area is 123 Å². The third-order valence-electron chi connectivity index (χ3n) is 3.21. The highest BCUT2D eigenvalue weighted by atomic mass is 16.3. The number of rotatable bonds is 6. The smallest absolute Gasteiger partial charge is 0.273 e. The van der Waals surface area contributed by atoms with Crippen LogP contribution in [0.3, 0.4) is 0 Å². The third-order valence-corrected chi connectivity index (χ3v) is 3.21.